The molecule has 0 aliphatic heterocycles. The molecule has 3 rings (SSSR count). The van der Waals surface area contributed by atoms with Crippen molar-refractivity contribution < 1.29 is 24.2 Å². The van der Waals surface area contributed by atoms with Gasteiger partial charge in [-0.25, -0.2) is 4.79 Å². The lowest BCUT2D eigenvalue weighted by Crippen LogP contribution is -2.60. The summed E-state index contributed by atoms with van der Waals surface area (Å²) in [5, 5.41) is 11.3. The first-order valence-electron chi connectivity index (χ1n) is 11.8. The number of allylic oxidation sites excluding steroid dienone is 1. The van der Waals surface area contributed by atoms with E-state index >= 15 is 0 Å². The minimum absolute atomic E-state index is 0.00288. The van der Waals surface area contributed by atoms with Gasteiger partial charge in [0, 0.05) is 12.6 Å². The van der Waals surface area contributed by atoms with Crippen LogP contribution in [0, 0.1) is 34.5 Å². The summed E-state index contributed by atoms with van der Waals surface area (Å²) >= 11 is 0. The number of ether oxygens (including phenoxy) is 2. The fourth-order valence-corrected chi connectivity index (χ4v) is 7.20. The molecule has 176 valence electrons. The highest BCUT2D eigenvalue weighted by Crippen LogP contribution is 2.65. The van der Waals surface area contributed by atoms with Crippen LogP contribution in [-0.2, 0) is 19.1 Å². The van der Waals surface area contributed by atoms with E-state index in [1.807, 2.05) is 25.9 Å². The van der Waals surface area contributed by atoms with Gasteiger partial charge in [-0.2, -0.15) is 0 Å². The van der Waals surface area contributed by atoms with E-state index < -0.39 is 11.5 Å². The highest BCUT2D eigenvalue weighted by molar-refractivity contribution is 5.83. The molecule has 0 aromatic heterocycles. The predicted molar refractivity (Wildman–Crippen MR) is 119 cm³/mol. The van der Waals surface area contributed by atoms with Gasteiger partial charge in [0.05, 0.1) is 18.6 Å². The summed E-state index contributed by atoms with van der Waals surface area (Å²) in [5.74, 6) is 0.259. The van der Waals surface area contributed by atoms with Crippen molar-refractivity contribution in [2.45, 2.75) is 65.4 Å². The number of carbonyl (C=O) groups excluding carboxylic acids is 2. The third-order valence-corrected chi connectivity index (χ3v) is 8.85. The number of carbonyl (C=O) groups is 2. The molecule has 3 saturated carbocycles. The first-order valence-corrected chi connectivity index (χ1v) is 11.8. The van der Waals surface area contributed by atoms with Crippen LogP contribution in [0.5, 0.6) is 0 Å². The van der Waals surface area contributed by atoms with Gasteiger partial charge in [0.15, 0.2) is 0 Å². The molecule has 0 radical (unpaired) electrons. The molecule has 0 spiro atoms. The van der Waals surface area contributed by atoms with Crippen LogP contribution in [0.3, 0.4) is 0 Å². The largest absolute Gasteiger partial charge is 0.469 e. The Hall–Kier alpha value is -1.40. The van der Waals surface area contributed by atoms with Crippen LogP contribution in [0.15, 0.2) is 11.6 Å². The van der Waals surface area contributed by atoms with Gasteiger partial charge < -0.3 is 19.5 Å². The lowest BCUT2D eigenvalue weighted by Gasteiger charge is -2.62. The smallest absolute Gasteiger partial charge is 0.330 e. The number of hydrogen-bond acceptors (Lipinski definition) is 6. The lowest BCUT2D eigenvalue weighted by molar-refractivity contribution is -0.189. The number of aliphatic hydroxyl groups excluding tert-OH is 1. The Kier molecular flexibility index (Phi) is 7.21. The zero-order valence-corrected chi connectivity index (χ0v) is 20.1. The van der Waals surface area contributed by atoms with E-state index in [2.05, 4.69) is 13.8 Å². The number of nitrogens with zero attached hydrogens (tertiary/aromatic N) is 1. The van der Waals surface area contributed by atoms with E-state index in [-0.39, 0.29) is 35.1 Å². The molecule has 0 aromatic rings. The Labute approximate surface area is 187 Å². The van der Waals surface area contributed by atoms with Crippen LogP contribution in [0.2, 0.25) is 0 Å². The number of fused-ring (bicyclic) bond motifs is 3. The summed E-state index contributed by atoms with van der Waals surface area (Å²) in [6.45, 7) is 7.59. The highest BCUT2D eigenvalue weighted by Gasteiger charge is 2.62. The zero-order valence-electron chi connectivity index (χ0n) is 20.1. The molecule has 7 atom stereocenters. The fourth-order valence-electron chi connectivity index (χ4n) is 7.20. The van der Waals surface area contributed by atoms with Crippen LogP contribution in [0.25, 0.3) is 0 Å². The van der Waals surface area contributed by atoms with Crippen molar-refractivity contribution in [3.05, 3.63) is 11.6 Å². The maximum absolute atomic E-state index is 12.8. The van der Waals surface area contributed by atoms with Gasteiger partial charge in [-0.3, -0.25) is 4.79 Å². The van der Waals surface area contributed by atoms with Crippen molar-refractivity contribution in [3.8, 4) is 0 Å². The van der Waals surface area contributed by atoms with Gasteiger partial charge in [-0.15, -0.1) is 0 Å². The number of likely N-dealkylation sites (N-methyl/N-ethyl adjacent to an activating group) is 1. The van der Waals surface area contributed by atoms with E-state index in [4.69, 9.17) is 9.47 Å². The monoisotopic (exact) mass is 435 g/mol. The Morgan fingerprint density at radius 2 is 1.97 bits per heavy atom. The summed E-state index contributed by atoms with van der Waals surface area (Å²) in [7, 11) is 5.37. The third-order valence-electron chi connectivity index (χ3n) is 8.85. The van der Waals surface area contributed by atoms with Crippen LogP contribution < -0.4 is 0 Å². The number of rotatable bonds is 5. The summed E-state index contributed by atoms with van der Waals surface area (Å²) in [5.41, 5.74) is 0.546. The number of methoxy groups -OCH3 is 1. The average Bonchev–Trinajstić information content (AvgIpc) is 2.70. The SMILES string of the molecule is COC(=O)[C@@]1(C)CCC[C@@]2(C)[C@H]1C[C@H](O)[C@H]1[C@@H](C)/C(=C/C(=O)OCCN(C)C)CC[C@@H]12. The molecule has 3 aliphatic rings. The van der Waals surface area contributed by atoms with Crippen molar-refractivity contribution in [1.82, 2.24) is 4.90 Å². The van der Waals surface area contributed by atoms with E-state index in [0.717, 1.165) is 37.7 Å². The Morgan fingerprint density at radius 3 is 2.61 bits per heavy atom. The summed E-state index contributed by atoms with van der Waals surface area (Å²) in [6.07, 6.45) is 6.49. The van der Waals surface area contributed by atoms with Crippen molar-refractivity contribution in [1.29, 1.82) is 0 Å². The molecule has 6 nitrogen and oxygen atoms in total. The summed E-state index contributed by atoms with van der Waals surface area (Å²) < 4.78 is 10.6. The van der Waals surface area contributed by atoms with Crippen LogP contribution in [0.1, 0.15) is 59.3 Å². The molecule has 0 saturated heterocycles. The number of hydrogen-bond donors (Lipinski definition) is 1. The second-order valence-corrected chi connectivity index (χ2v) is 10.8. The molecular weight excluding hydrogens is 394 g/mol. The quantitative estimate of drug-likeness (QED) is 0.527. The topological polar surface area (TPSA) is 76.1 Å². The van der Waals surface area contributed by atoms with Crippen LogP contribution in [-0.4, -0.2) is 62.4 Å². The van der Waals surface area contributed by atoms with Crippen LogP contribution >= 0.6 is 0 Å². The number of aliphatic hydroxyl groups is 1. The zero-order chi connectivity index (χ0) is 23.0. The van der Waals surface area contributed by atoms with E-state index in [9.17, 15) is 14.7 Å². The average molecular weight is 436 g/mol. The molecule has 3 aliphatic carbocycles. The van der Waals surface area contributed by atoms with Crippen molar-refractivity contribution in [3.63, 3.8) is 0 Å². The van der Waals surface area contributed by atoms with Crippen molar-refractivity contribution >= 4 is 11.9 Å². The van der Waals surface area contributed by atoms with Gasteiger partial charge in [0.25, 0.3) is 0 Å². The Balaban J connectivity index is 1.80. The number of esters is 2. The van der Waals surface area contributed by atoms with Crippen LogP contribution in [0.4, 0.5) is 0 Å². The molecule has 0 heterocycles. The standard InChI is InChI=1S/C25H41NO5/c1-16-17(14-21(28)31-13-12-26(4)5)8-9-18-22(16)19(27)15-20-24(18,2)10-7-11-25(20,3)23(29)30-6/h14,16,18-20,22,27H,7-13,15H2,1-6H3/b17-14+/t16-,18-,19-,20+,22-,24+,25-/m0/s1. The molecule has 0 bridgehead atoms. The second kappa shape index (κ2) is 9.22. The van der Waals surface area contributed by atoms with Gasteiger partial charge >= 0.3 is 11.9 Å². The predicted octanol–water partition coefficient (Wildman–Crippen LogP) is 3.43. The van der Waals surface area contributed by atoms with E-state index in [0.29, 0.717) is 25.5 Å². The fraction of sp³-hybridized carbons (Fsp3) is 0.840. The third kappa shape index (κ3) is 4.43. The Morgan fingerprint density at radius 1 is 1.26 bits per heavy atom. The molecule has 6 heteroatoms. The first kappa shape index (κ1) is 24.2. The molecular formula is C25H41NO5. The molecule has 0 amide bonds. The van der Waals surface area contributed by atoms with Gasteiger partial charge in [0.1, 0.15) is 6.61 Å². The molecule has 3 fully saturated rings. The van der Waals surface area contributed by atoms with E-state index in [1.165, 1.54) is 7.11 Å². The maximum Gasteiger partial charge on any atom is 0.330 e. The Bertz CT molecular complexity index is 719. The second-order valence-electron chi connectivity index (χ2n) is 10.8. The molecule has 1 N–H and O–H groups in total. The molecule has 0 unspecified atom stereocenters. The highest BCUT2D eigenvalue weighted by atomic mass is 16.5. The molecule has 0 aromatic carbocycles. The van der Waals surface area contributed by atoms with Gasteiger partial charge in [-0.05, 0) is 82.2 Å². The minimum atomic E-state index is -0.538. The van der Waals surface area contributed by atoms with Gasteiger partial charge in [0.2, 0.25) is 0 Å². The van der Waals surface area contributed by atoms with E-state index in [1.54, 1.807) is 6.08 Å². The van der Waals surface area contributed by atoms with Crippen molar-refractivity contribution in [2.75, 3.05) is 34.4 Å². The van der Waals surface area contributed by atoms with Gasteiger partial charge in [-0.1, -0.05) is 25.8 Å². The van der Waals surface area contributed by atoms with Crippen molar-refractivity contribution in [2.24, 2.45) is 34.5 Å². The maximum atomic E-state index is 12.8. The summed E-state index contributed by atoms with van der Waals surface area (Å²) in [4.78, 5) is 27.1. The molecule has 31 heavy (non-hydrogen) atoms. The summed E-state index contributed by atoms with van der Waals surface area (Å²) in [6, 6.07) is 0. The minimum Gasteiger partial charge on any atom is -0.469 e. The first-order chi connectivity index (χ1) is 14.5. The normalized spacial score (nSPS) is 41.4. The lowest BCUT2D eigenvalue weighted by atomic mass is 9.42.